The number of carbonyl (C=O) groups excluding carboxylic acids is 1. The molecule has 0 bridgehead atoms. The summed E-state index contributed by atoms with van der Waals surface area (Å²) in [7, 11) is 3.14. The van der Waals surface area contributed by atoms with Gasteiger partial charge in [-0.3, -0.25) is 4.79 Å². The number of nitrogens with one attached hydrogen (secondary N) is 1. The van der Waals surface area contributed by atoms with Crippen LogP contribution in [0.1, 0.15) is 11.1 Å². The second-order valence-electron chi connectivity index (χ2n) is 6.02. The first kappa shape index (κ1) is 20.6. The van der Waals surface area contributed by atoms with E-state index in [4.69, 9.17) is 9.47 Å². The molecule has 1 amide bonds. The molecule has 150 valence electrons. The molecule has 0 saturated heterocycles. The monoisotopic (exact) mass is 459 g/mol. The number of hydrogen-bond donors (Lipinski definition) is 1. The fourth-order valence-electron chi connectivity index (χ4n) is 2.78. The van der Waals surface area contributed by atoms with Gasteiger partial charge in [0.15, 0.2) is 11.5 Å². The molecule has 1 aromatic heterocycles. The molecule has 3 rings (SSSR count). The molecule has 29 heavy (non-hydrogen) atoms. The number of ether oxygens (including phenoxy) is 2. The van der Waals surface area contributed by atoms with Crippen molar-refractivity contribution in [2.75, 3.05) is 19.5 Å². The molecule has 0 atom stereocenters. The Morgan fingerprint density at radius 3 is 2.83 bits per heavy atom. The van der Waals surface area contributed by atoms with Crippen LogP contribution in [-0.4, -0.2) is 29.9 Å². The second-order valence-corrected chi connectivity index (χ2v) is 6.93. The molecule has 1 N–H and O–H groups in total. The molecule has 0 unspecified atom stereocenters. The van der Waals surface area contributed by atoms with E-state index in [-0.39, 0.29) is 0 Å². The van der Waals surface area contributed by atoms with E-state index in [9.17, 15) is 9.18 Å². The third-order valence-electron chi connectivity index (χ3n) is 4.14. The molecule has 6 nitrogen and oxygen atoms in total. The molecule has 0 fully saturated rings. The van der Waals surface area contributed by atoms with Gasteiger partial charge in [-0.15, -0.1) is 0 Å². The summed E-state index contributed by atoms with van der Waals surface area (Å²) in [5, 5.41) is 7.00. The van der Waals surface area contributed by atoms with Gasteiger partial charge in [-0.2, -0.15) is 5.10 Å². The van der Waals surface area contributed by atoms with E-state index in [1.807, 2.05) is 12.1 Å². The van der Waals surface area contributed by atoms with Crippen molar-refractivity contribution in [1.29, 1.82) is 0 Å². The van der Waals surface area contributed by atoms with Crippen molar-refractivity contribution < 1.29 is 18.7 Å². The van der Waals surface area contributed by atoms with Gasteiger partial charge in [0.05, 0.1) is 27.0 Å². The first-order valence-electron chi connectivity index (χ1n) is 8.67. The van der Waals surface area contributed by atoms with Crippen molar-refractivity contribution in [1.82, 2.24) is 9.78 Å². The minimum absolute atomic E-state index is 0.309. The van der Waals surface area contributed by atoms with Crippen LogP contribution in [0, 0.1) is 5.82 Å². The van der Waals surface area contributed by atoms with Crippen LogP contribution in [0.5, 0.6) is 11.5 Å². The maximum atomic E-state index is 13.8. The van der Waals surface area contributed by atoms with E-state index >= 15 is 0 Å². The van der Waals surface area contributed by atoms with Gasteiger partial charge in [-0.25, -0.2) is 9.07 Å². The quantitative estimate of drug-likeness (QED) is 0.528. The predicted octanol–water partition coefficient (Wildman–Crippen LogP) is 4.50. The maximum absolute atomic E-state index is 13.8. The van der Waals surface area contributed by atoms with Gasteiger partial charge in [0.1, 0.15) is 11.6 Å². The molecule has 1 heterocycles. The first-order chi connectivity index (χ1) is 14.0. The van der Waals surface area contributed by atoms with Crippen molar-refractivity contribution in [3.63, 3.8) is 0 Å². The Labute approximate surface area is 176 Å². The lowest BCUT2D eigenvalue weighted by Gasteiger charge is -2.14. The van der Waals surface area contributed by atoms with Crippen LogP contribution < -0.4 is 14.8 Å². The summed E-state index contributed by atoms with van der Waals surface area (Å²) in [5.41, 5.74) is 1.15. The number of halogens is 2. The van der Waals surface area contributed by atoms with Gasteiger partial charge < -0.3 is 14.8 Å². The summed E-state index contributed by atoms with van der Waals surface area (Å²) in [6.45, 7) is 0.368. The van der Waals surface area contributed by atoms with Crippen molar-refractivity contribution in [3.8, 4) is 11.5 Å². The number of benzene rings is 2. The highest BCUT2D eigenvalue weighted by molar-refractivity contribution is 9.10. The van der Waals surface area contributed by atoms with Crippen molar-refractivity contribution >= 4 is 33.7 Å². The number of para-hydroxylation sites is 1. The average Bonchev–Trinajstić information content (AvgIpc) is 3.14. The molecule has 3 aromatic rings. The summed E-state index contributed by atoms with van der Waals surface area (Å²) in [6, 6.07) is 11.8. The molecule has 0 aliphatic rings. The standard InChI is InChI=1S/C21H19BrFN3O3/c1-28-18-5-3-4-15(21(18)29-2)13-26-19(10-11-24-26)25-20(27)9-6-14-12-16(22)7-8-17(14)23/h3-12H,13H2,1-2H3,(H,25,27). The molecule has 0 aliphatic heterocycles. The molecule has 2 aromatic carbocycles. The minimum atomic E-state index is -0.410. The number of nitrogens with zero attached hydrogens (tertiary/aromatic N) is 2. The molecule has 0 aliphatic carbocycles. The summed E-state index contributed by atoms with van der Waals surface area (Å²) in [4.78, 5) is 12.3. The van der Waals surface area contributed by atoms with Crippen LogP contribution in [0.3, 0.4) is 0 Å². The van der Waals surface area contributed by atoms with Crippen molar-refractivity contribution in [2.45, 2.75) is 6.54 Å². The van der Waals surface area contributed by atoms with Crippen molar-refractivity contribution in [3.05, 3.63) is 76.2 Å². The Kier molecular flexibility index (Phi) is 6.66. The summed E-state index contributed by atoms with van der Waals surface area (Å²) in [6.07, 6.45) is 4.27. The summed E-state index contributed by atoms with van der Waals surface area (Å²) < 4.78 is 26.9. The normalized spacial score (nSPS) is 10.9. The summed E-state index contributed by atoms with van der Waals surface area (Å²) in [5.74, 6) is 0.907. The Balaban J connectivity index is 1.75. The maximum Gasteiger partial charge on any atom is 0.249 e. The van der Waals surface area contributed by atoms with E-state index in [1.54, 1.807) is 49.4 Å². The fourth-order valence-corrected chi connectivity index (χ4v) is 3.16. The predicted molar refractivity (Wildman–Crippen MR) is 113 cm³/mol. The number of amides is 1. The van der Waals surface area contributed by atoms with E-state index in [1.165, 1.54) is 18.2 Å². The largest absolute Gasteiger partial charge is 0.493 e. The van der Waals surface area contributed by atoms with Gasteiger partial charge >= 0.3 is 0 Å². The zero-order valence-corrected chi connectivity index (χ0v) is 17.4. The molecular weight excluding hydrogens is 441 g/mol. The molecule has 8 heteroatoms. The van der Waals surface area contributed by atoms with Gasteiger partial charge in [0, 0.05) is 27.7 Å². The van der Waals surface area contributed by atoms with Gasteiger partial charge in [-0.05, 0) is 30.3 Å². The zero-order chi connectivity index (χ0) is 20.8. The second kappa shape index (κ2) is 9.38. The lowest BCUT2D eigenvalue weighted by molar-refractivity contribution is -0.111. The van der Waals surface area contributed by atoms with Gasteiger partial charge in [0.2, 0.25) is 5.91 Å². The van der Waals surface area contributed by atoms with Crippen LogP contribution >= 0.6 is 15.9 Å². The fraction of sp³-hybridized carbons (Fsp3) is 0.143. The van der Waals surface area contributed by atoms with E-state index in [2.05, 4.69) is 26.3 Å². The van der Waals surface area contributed by atoms with E-state index in [0.29, 0.717) is 29.4 Å². The molecule has 0 spiro atoms. The Morgan fingerprint density at radius 2 is 2.07 bits per heavy atom. The zero-order valence-electron chi connectivity index (χ0n) is 15.9. The Hall–Kier alpha value is -3.13. The molecular formula is C21H19BrFN3O3. The van der Waals surface area contributed by atoms with Gasteiger partial charge in [-0.1, -0.05) is 28.1 Å². The van der Waals surface area contributed by atoms with E-state index in [0.717, 1.165) is 10.0 Å². The van der Waals surface area contributed by atoms with Crippen LogP contribution in [0.15, 0.2) is 59.2 Å². The number of rotatable bonds is 7. The number of aromatic nitrogens is 2. The Morgan fingerprint density at radius 1 is 1.24 bits per heavy atom. The van der Waals surface area contributed by atoms with Crippen LogP contribution in [0.2, 0.25) is 0 Å². The summed E-state index contributed by atoms with van der Waals surface area (Å²) >= 11 is 3.28. The highest BCUT2D eigenvalue weighted by atomic mass is 79.9. The van der Waals surface area contributed by atoms with Crippen LogP contribution in [-0.2, 0) is 11.3 Å². The Bertz CT molecular complexity index is 1050. The minimum Gasteiger partial charge on any atom is -0.493 e. The number of carbonyl (C=O) groups is 1. The third-order valence-corrected chi connectivity index (χ3v) is 4.64. The lowest BCUT2D eigenvalue weighted by atomic mass is 10.2. The number of anilines is 1. The highest BCUT2D eigenvalue weighted by Crippen LogP contribution is 2.31. The number of methoxy groups -OCH3 is 2. The van der Waals surface area contributed by atoms with Crippen LogP contribution in [0.25, 0.3) is 6.08 Å². The topological polar surface area (TPSA) is 65.4 Å². The smallest absolute Gasteiger partial charge is 0.249 e. The average molecular weight is 460 g/mol. The van der Waals surface area contributed by atoms with Crippen molar-refractivity contribution in [2.24, 2.45) is 0 Å². The van der Waals surface area contributed by atoms with Crippen LogP contribution in [0.4, 0.5) is 10.2 Å². The van der Waals surface area contributed by atoms with Gasteiger partial charge in [0.25, 0.3) is 0 Å². The lowest BCUT2D eigenvalue weighted by Crippen LogP contribution is -2.14. The third kappa shape index (κ3) is 5.03. The molecule has 0 radical (unpaired) electrons. The first-order valence-corrected chi connectivity index (χ1v) is 9.47. The number of hydrogen-bond acceptors (Lipinski definition) is 4. The SMILES string of the molecule is COc1cccc(Cn2nccc2NC(=O)C=Cc2cc(Br)ccc2F)c1OC. The van der Waals surface area contributed by atoms with E-state index < -0.39 is 11.7 Å². The molecule has 0 saturated carbocycles. The highest BCUT2D eigenvalue weighted by Gasteiger charge is 2.13.